The highest BCUT2D eigenvalue weighted by Gasteiger charge is 2.12. The number of fused-ring (bicyclic) bond motifs is 2. The van der Waals surface area contributed by atoms with Gasteiger partial charge in [-0.05, 0) is 44.2 Å². The summed E-state index contributed by atoms with van der Waals surface area (Å²) in [6, 6.07) is 7.26. The second kappa shape index (κ2) is 5.82. The molecule has 124 valence electrons. The average molecular weight is 349 g/mol. The number of aromatic nitrogens is 3. The third kappa shape index (κ3) is 2.70. The lowest BCUT2D eigenvalue weighted by molar-refractivity contribution is 0.0699. The van der Waals surface area contributed by atoms with Crippen LogP contribution >= 0.6 is 11.3 Å². The number of nitrogens with zero attached hydrogens (tertiary/aromatic N) is 3. The Labute approximate surface area is 147 Å². The summed E-state index contributed by atoms with van der Waals surface area (Å²) in [5.41, 5.74) is 4.46. The molecule has 6 heteroatoms. The smallest absolute Gasteiger partial charge is 0.336 e. The van der Waals surface area contributed by atoms with Gasteiger partial charge in [-0.25, -0.2) is 14.8 Å². The van der Waals surface area contributed by atoms with Crippen molar-refractivity contribution < 1.29 is 9.90 Å². The van der Waals surface area contributed by atoms with Crippen LogP contribution in [0.25, 0.3) is 28.0 Å². The van der Waals surface area contributed by atoms with Crippen LogP contribution in [-0.4, -0.2) is 25.4 Å². The Morgan fingerprint density at radius 1 is 1.20 bits per heavy atom. The van der Waals surface area contributed by atoms with Crippen molar-refractivity contribution in [2.75, 3.05) is 0 Å². The summed E-state index contributed by atoms with van der Waals surface area (Å²) in [6.45, 7) is 3.89. The van der Waals surface area contributed by atoms with Gasteiger partial charge in [-0.2, -0.15) is 0 Å². The summed E-state index contributed by atoms with van der Waals surface area (Å²) in [5, 5.41) is 12.2. The van der Waals surface area contributed by atoms with E-state index in [-0.39, 0.29) is 5.56 Å². The van der Waals surface area contributed by atoms with Gasteiger partial charge in [0.15, 0.2) is 4.96 Å². The molecule has 0 aliphatic heterocycles. The number of hydrogen-bond donors (Lipinski definition) is 1. The van der Waals surface area contributed by atoms with Crippen molar-refractivity contribution in [3.05, 3.63) is 64.1 Å². The molecule has 0 fully saturated rings. The predicted octanol–water partition coefficient (Wildman–Crippen LogP) is 4.43. The van der Waals surface area contributed by atoms with Crippen molar-refractivity contribution in [1.82, 2.24) is 14.4 Å². The molecular weight excluding hydrogens is 334 g/mol. The summed E-state index contributed by atoms with van der Waals surface area (Å²) in [4.78, 5) is 21.7. The van der Waals surface area contributed by atoms with Gasteiger partial charge >= 0.3 is 5.97 Å². The standard InChI is InChI=1S/C19H15N3O2S/c1-11-3-5-16-14(9-11)15(18(23)24)10-13(21-16)4-6-17-12(2)20-19-22(17)7-8-25-19/h3-10H,1-2H3,(H,23,24)/b6-4+. The Kier molecular flexibility index (Phi) is 3.62. The third-order valence-electron chi connectivity index (χ3n) is 4.11. The van der Waals surface area contributed by atoms with Crippen molar-refractivity contribution in [3.63, 3.8) is 0 Å². The SMILES string of the molecule is Cc1ccc2nc(/C=C/c3c(C)nc4sccn34)cc(C(=O)O)c2c1. The molecule has 25 heavy (non-hydrogen) atoms. The highest BCUT2D eigenvalue weighted by Crippen LogP contribution is 2.23. The molecule has 0 spiro atoms. The Morgan fingerprint density at radius 3 is 2.84 bits per heavy atom. The molecule has 0 amide bonds. The van der Waals surface area contributed by atoms with E-state index in [2.05, 4.69) is 9.97 Å². The van der Waals surface area contributed by atoms with Crippen LogP contribution in [0.1, 0.15) is 33.0 Å². The largest absolute Gasteiger partial charge is 0.478 e. The molecule has 4 aromatic rings. The molecule has 0 unspecified atom stereocenters. The minimum absolute atomic E-state index is 0.263. The first kappa shape index (κ1) is 15.5. The molecule has 3 heterocycles. The van der Waals surface area contributed by atoms with Crippen molar-refractivity contribution in [2.45, 2.75) is 13.8 Å². The van der Waals surface area contributed by atoms with E-state index >= 15 is 0 Å². The Bertz CT molecular complexity index is 1150. The molecule has 0 saturated carbocycles. The van der Waals surface area contributed by atoms with Crippen LogP contribution in [0.2, 0.25) is 0 Å². The average Bonchev–Trinajstić information content (AvgIpc) is 3.13. The van der Waals surface area contributed by atoms with Crippen LogP contribution in [0.3, 0.4) is 0 Å². The predicted molar refractivity (Wildman–Crippen MR) is 100 cm³/mol. The molecule has 0 bridgehead atoms. The zero-order valence-corrected chi connectivity index (χ0v) is 14.5. The van der Waals surface area contributed by atoms with Gasteiger partial charge in [0, 0.05) is 17.0 Å². The maximum Gasteiger partial charge on any atom is 0.336 e. The first-order valence-corrected chi connectivity index (χ1v) is 8.66. The highest BCUT2D eigenvalue weighted by atomic mass is 32.1. The fraction of sp³-hybridized carbons (Fsp3) is 0.105. The van der Waals surface area contributed by atoms with Crippen molar-refractivity contribution in [3.8, 4) is 0 Å². The molecule has 0 radical (unpaired) electrons. The number of benzene rings is 1. The number of imidazole rings is 1. The number of hydrogen-bond acceptors (Lipinski definition) is 4. The minimum Gasteiger partial charge on any atom is -0.478 e. The fourth-order valence-electron chi connectivity index (χ4n) is 2.90. The van der Waals surface area contributed by atoms with E-state index in [1.807, 2.05) is 60.2 Å². The quantitative estimate of drug-likeness (QED) is 0.594. The number of carboxylic acid groups (broad SMARTS) is 1. The zero-order chi connectivity index (χ0) is 17.6. The van der Waals surface area contributed by atoms with E-state index in [9.17, 15) is 9.90 Å². The summed E-state index contributed by atoms with van der Waals surface area (Å²) >= 11 is 1.58. The van der Waals surface area contributed by atoms with Gasteiger partial charge in [-0.3, -0.25) is 4.40 Å². The minimum atomic E-state index is -0.951. The Morgan fingerprint density at radius 2 is 2.04 bits per heavy atom. The van der Waals surface area contributed by atoms with Crippen molar-refractivity contribution in [2.24, 2.45) is 0 Å². The van der Waals surface area contributed by atoms with Crippen LogP contribution in [0, 0.1) is 13.8 Å². The summed E-state index contributed by atoms with van der Waals surface area (Å²) in [7, 11) is 0. The lowest BCUT2D eigenvalue weighted by Crippen LogP contribution is -2.00. The summed E-state index contributed by atoms with van der Waals surface area (Å²) in [6.07, 6.45) is 5.73. The first-order valence-electron chi connectivity index (χ1n) is 7.78. The summed E-state index contributed by atoms with van der Waals surface area (Å²) in [5.74, 6) is -0.951. The van der Waals surface area contributed by atoms with E-state index in [4.69, 9.17) is 0 Å². The van der Waals surface area contributed by atoms with Crippen LogP contribution in [0.4, 0.5) is 0 Å². The molecule has 0 atom stereocenters. The van der Waals surface area contributed by atoms with Gasteiger partial charge in [0.1, 0.15) is 0 Å². The number of thiazole rings is 1. The van der Waals surface area contributed by atoms with Crippen LogP contribution in [-0.2, 0) is 0 Å². The monoisotopic (exact) mass is 349 g/mol. The lowest BCUT2D eigenvalue weighted by Gasteiger charge is -2.05. The van der Waals surface area contributed by atoms with Crippen LogP contribution in [0.15, 0.2) is 35.8 Å². The normalized spacial score (nSPS) is 11.8. The molecule has 4 rings (SSSR count). The van der Waals surface area contributed by atoms with E-state index < -0.39 is 5.97 Å². The third-order valence-corrected chi connectivity index (χ3v) is 4.87. The van der Waals surface area contributed by atoms with Crippen molar-refractivity contribution in [1.29, 1.82) is 0 Å². The number of aryl methyl sites for hydroxylation is 2. The van der Waals surface area contributed by atoms with Gasteiger partial charge in [-0.1, -0.05) is 11.6 Å². The first-order chi connectivity index (χ1) is 12.0. The summed E-state index contributed by atoms with van der Waals surface area (Å²) < 4.78 is 2.01. The molecule has 0 saturated heterocycles. The Balaban J connectivity index is 1.84. The van der Waals surface area contributed by atoms with Gasteiger partial charge in [0.25, 0.3) is 0 Å². The van der Waals surface area contributed by atoms with Gasteiger partial charge < -0.3 is 5.11 Å². The van der Waals surface area contributed by atoms with E-state index in [0.717, 1.165) is 21.9 Å². The van der Waals surface area contributed by atoms with Crippen molar-refractivity contribution >= 4 is 45.3 Å². The van der Waals surface area contributed by atoms with Crippen LogP contribution < -0.4 is 0 Å². The molecular formula is C19H15N3O2S. The van der Waals surface area contributed by atoms with Gasteiger partial charge in [0.05, 0.1) is 28.2 Å². The maximum atomic E-state index is 11.6. The zero-order valence-electron chi connectivity index (χ0n) is 13.7. The highest BCUT2D eigenvalue weighted by molar-refractivity contribution is 7.15. The maximum absolute atomic E-state index is 11.6. The van der Waals surface area contributed by atoms with E-state index in [0.29, 0.717) is 16.6 Å². The topological polar surface area (TPSA) is 67.5 Å². The number of carboxylic acids is 1. The number of pyridine rings is 1. The fourth-order valence-corrected chi connectivity index (χ4v) is 3.67. The number of carbonyl (C=O) groups is 1. The molecule has 0 aliphatic rings. The second-order valence-corrected chi connectivity index (χ2v) is 6.76. The molecule has 0 aliphatic carbocycles. The van der Waals surface area contributed by atoms with E-state index in [1.165, 1.54) is 0 Å². The number of aromatic carboxylic acids is 1. The van der Waals surface area contributed by atoms with Crippen LogP contribution in [0.5, 0.6) is 0 Å². The molecule has 5 nitrogen and oxygen atoms in total. The molecule has 1 aromatic carbocycles. The van der Waals surface area contributed by atoms with Gasteiger partial charge in [0.2, 0.25) is 0 Å². The Hall–Kier alpha value is -2.99. The molecule has 3 aromatic heterocycles. The molecule has 1 N–H and O–H groups in total. The number of rotatable bonds is 3. The van der Waals surface area contributed by atoms with E-state index in [1.54, 1.807) is 17.4 Å². The second-order valence-electron chi connectivity index (χ2n) is 5.89. The van der Waals surface area contributed by atoms with Gasteiger partial charge in [-0.15, -0.1) is 11.3 Å². The lowest BCUT2D eigenvalue weighted by atomic mass is 10.0.